The number of carbonyl (C=O) groups is 1. The Morgan fingerprint density at radius 2 is 2.21 bits per heavy atom. The van der Waals surface area contributed by atoms with E-state index in [1.54, 1.807) is 24.1 Å². The summed E-state index contributed by atoms with van der Waals surface area (Å²) in [5.74, 6) is 1.19. The molecule has 2 aliphatic rings. The standard InChI is InChI=1S/C23H25N7O3/c1-13-5-18(23(32-2)3-4-33-12-23)27-20(6-13)30-17-9-19(28-22(25)31)26-11-16(17)21(29-30)15-7-14(8-15)10-24/h5-6,9,11,14-15H,3-4,7-8,12H2,1-2H3,(H3,25,26,28,31)/t14?,15?,23-/m0/s1. The van der Waals surface area contributed by atoms with Crippen molar-refractivity contribution in [2.75, 3.05) is 25.6 Å². The number of nitrogens with one attached hydrogen (secondary N) is 1. The van der Waals surface area contributed by atoms with Crippen LogP contribution in [0.15, 0.2) is 24.4 Å². The normalized spacial score (nSPS) is 24.4. The van der Waals surface area contributed by atoms with Crippen molar-refractivity contribution in [2.45, 2.75) is 37.7 Å². The maximum atomic E-state index is 11.4. The van der Waals surface area contributed by atoms with Crippen LogP contribution in [0.4, 0.5) is 10.6 Å². The number of rotatable bonds is 5. The molecule has 0 radical (unpaired) electrons. The number of hydrogen-bond acceptors (Lipinski definition) is 7. The summed E-state index contributed by atoms with van der Waals surface area (Å²) in [5.41, 5.74) is 8.13. The largest absolute Gasteiger partial charge is 0.378 e. The van der Waals surface area contributed by atoms with Gasteiger partial charge in [0.1, 0.15) is 11.4 Å². The monoisotopic (exact) mass is 447 g/mol. The summed E-state index contributed by atoms with van der Waals surface area (Å²) in [6, 6.07) is 7.35. The van der Waals surface area contributed by atoms with Gasteiger partial charge in [-0.3, -0.25) is 5.32 Å². The van der Waals surface area contributed by atoms with E-state index in [2.05, 4.69) is 16.4 Å². The van der Waals surface area contributed by atoms with Crippen molar-refractivity contribution in [3.8, 4) is 11.9 Å². The second-order valence-corrected chi connectivity index (χ2v) is 8.76. The second kappa shape index (κ2) is 8.10. The molecule has 1 saturated carbocycles. The zero-order valence-corrected chi connectivity index (χ0v) is 18.5. The highest BCUT2D eigenvalue weighted by atomic mass is 16.5. The number of aryl methyl sites for hydroxylation is 1. The molecule has 2 amide bonds. The number of hydrogen-bond donors (Lipinski definition) is 2. The predicted molar refractivity (Wildman–Crippen MR) is 120 cm³/mol. The molecular formula is C23H25N7O3. The van der Waals surface area contributed by atoms with Crippen LogP contribution in [0, 0.1) is 24.2 Å². The van der Waals surface area contributed by atoms with Gasteiger partial charge in [0.2, 0.25) is 0 Å². The molecule has 1 aliphatic heterocycles. The van der Waals surface area contributed by atoms with Crippen LogP contribution in [0.25, 0.3) is 16.7 Å². The van der Waals surface area contributed by atoms with Gasteiger partial charge >= 0.3 is 6.03 Å². The summed E-state index contributed by atoms with van der Waals surface area (Å²) < 4.78 is 13.2. The fraction of sp³-hybridized carbons (Fsp3) is 0.435. The number of nitrogens with two attached hydrogens (primary N) is 1. The lowest BCUT2D eigenvalue weighted by atomic mass is 9.73. The van der Waals surface area contributed by atoms with E-state index >= 15 is 0 Å². The number of primary amides is 1. The van der Waals surface area contributed by atoms with Crippen molar-refractivity contribution in [3.05, 3.63) is 41.3 Å². The highest BCUT2D eigenvalue weighted by Crippen LogP contribution is 2.43. The maximum Gasteiger partial charge on any atom is 0.317 e. The number of methoxy groups -OCH3 is 1. The molecule has 10 nitrogen and oxygen atoms in total. The molecule has 1 saturated heterocycles. The number of pyridine rings is 2. The highest BCUT2D eigenvalue weighted by Gasteiger charge is 2.39. The van der Waals surface area contributed by atoms with E-state index in [0.29, 0.717) is 24.8 Å². The van der Waals surface area contributed by atoms with Gasteiger partial charge in [0.05, 0.1) is 29.6 Å². The number of anilines is 1. The summed E-state index contributed by atoms with van der Waals surface area (Å²) >= 11 is 0. The molecule has 10 heteroatoms. The number of fused-ring (bicyclic) bond motifs is 1. The Kier molecular flexibility index (Phi) is 5.23. The van der Waals surface area contributed by atoms with Crippen LogP contribution in [0.5, 0.6) is 0 Å². The topological polar surface area (TPSA) is 141 Å². The summed E-state index contributed by atoms with van der Waals surface area (Å²) in [7, 11) is 1.68. The van der Waals surface area contributed by atoms with E-state index in [1.165, 1.54) is 0 Å². The van der Waals surface area contributed by atoms with Crippen LogP contribution in [0.2, 0.25) is 0 Å². The molecule has 1 atom stereocenters. The lowest BCUT2D eigenvalue weighted by Gasteiger charge is -2.29. The molecule has 2 fully saturated rings. The first-order chi connectivity index (χ1) is 15.9. The predicted octanol–water partition coefficient (Wildman–Crippen LogP) is 2.89. The zero-order valence-electron chi connectivity index (χ0n) is 18.5. The Morgan fingerprint density at radius 3 is 2.88 bits per heavy atom. The molecule has 4 heterocycles. The SMILES string of the molecule is CO[C@@]1(c2cc(C)cc(-n3nc(C4CC(C#N)C4)c4cnc(NC(N)=O)cc43)n2)CCOC1. The first-order valence-electron chi connectivity index (χ1n) is 10.9. The minimum atomic E-state index is -0.691. The minimum absolute atomic E-state index is 0.0478. The fourth-order valence-electron chi connectivity index (χ4n) is 4.65. The van der Waals surface area contributed by atoms with Crippen LogP contribution in [-0.4, -0.2) is 46.1 Å². The molecule has 0 aromatic carbocycles. The second-order valence-electron chi connectivity index (χ2n) is 8.76. The smallest absolute Gasteiger partial charge is 0.317 e. The van der Waals surface area contributed by atoms with Crippen molar-refractivity contribution in [3.63, 3.8) is 0 Å². The first kappa shape index (κ1) is 21.3. The van der Waals surface area contributed by atoms with Crippen LogP contribution in [-0.2, 0) is 15.1 Å². The van der Waals surface area contributed by atoms with Crippen LogP contribution < -0.4 is 11.1 Å². The maximum absolute atomic E-state index is 11.4. The van der Waals surface area contributed by atoms with E-state index in [-0.39, 0.29) is 11.8 Å². The van der Waals surface area contributed by atoms with Crippen LogP contribution in [0.1, 0.15) is 42.1 Å². The number of aromatic nitrogens is 4. The molecule has 170 valence electrons. The van der Waals surface area contributed by atoms with Crippen molar-refractivity contribution in [1.82, 2.24) is 19.7 Å². The van der Waals surface area contributed by atoms with Gasteiger partial charge in [-0.05, 0) is 37.5 Å². The van der Waals surface area contributed by atoms with Gasteiger partial charge in [0.15, 0.2) is 5.82 Å². The Morgan fingerprint density at radius 1 is 1.39 bits per heavy atom. The number of amides is 2. The van der Waals surface area contributed by atoms with Crippen molar-refractivity contribution >= 4 is 22.8 Å². The number of ether oxygens (including phenoxy) is 2. The average Bonchev–Trinajstić information content (AvgIpc) is 3.38. The molecule has 5 rings (SSSR count). The first-order valence-corrected chi connectivity index (χ1v) is 10.9. The molecule has 0 bridgehead atoms. The number of nitrogens with zero attached hydrogens (tertiary/aromatic N) is 5. The van der Waals surface area contributed by atoms with Gasteiger partial charge in [0.25, 0.3) is 0 Å². The summed E-state index contributed by atoms with van der Waals surface area (Å²) in [6.07, 6.45) is 3.94. The Bertz CT molecular complexity index is 1270. The lowest BCUT2D eigenvalue weighted by Crippen LogP contribution is -2.30. The van der Waals surface area contributed by atoms with Gasteiger partial charge in [-0.25, -0.2) is 19.4 Å². The number of carbonyl (C=O) groups excluding carboxylic acids is 1. The molecule has 33 heavy (non-hydrogen) atoms. The molecule has 3 aromatic heterocycles. The Hall–Kier alpha value is -3.55. The van der Waals surface area contributed by atoms with Gasteiger partial charge in [0, 0.05) is 49.6 Å². The highest BCUT2D eigenvalue weighted by molar-refractivity contribution is 5.91. The molecule has 0 unspecified atom stereocenters. The summed E-state index contributed by atoms with van der Waals surface area (Å²) in [6.45, 7) is 3.06. The molecule has 3 aromatic rings. The van der Waals surface area contributed by atoms with Crippen molar-refractivity contribution < 1.29 is 14.3 Å². The summed E-state index contributed by atoms with van der Waals surface area (Å²) in [5, 5.41) is 17.5. The molecule has 1 aliphatic carbocycles. The third kappa shape index (κ3) is 3.69. The minimum Gasteiger partial charge on any atom is -0.378 e. The fourth-order valence-corrected chi connectivity index (χ4v) is 4.65. The van der Waals surface area contributed by atoms with E-state index in [0.717, 1.165) is 47.1 Å². The number of urea groups is 1. The van der Waals surface area contributed by atoms with Crippen LogP contribution >= 0.6 is 0 Å². The van der Waals surface area contributed by atoms with Gasteiger partial charge < -0.3 is 15.2 Å². The van der Waals surface area contributed by atoms with Crippen molar-refractivity contribution in [2.24, 2.45) is 11.7 Å². The zero-order chi connectivity index (χ0) is 23.2. The van der Waals surface area contributed by atoms with Crippen LogP contribution in [0.3, 0.4) is 0 Å². The van der Waals surface area contributed by atoms with Gasteiger partial charge in [-0.15, -0.1) is 0 Å². The Labute approximate surface area is 190 Å². The Balaban J connectivity index is 1.65. The lowest BCUT2D eigenvalue weighted by molar-refractivity contribution is -0.0246. The van der Waals surface area contributed by atoms with E-state index in [9.17, 15) is 10.1 Å². The van der Waals surface area contributed by atoms with Gasteiger partial charge in [-0.2, -0.15) is 10.4 Å². The number of nitriles is 1. The van der Waals surface area contributed by atoms with E-state index in [4.69, 9.17) is 25.3 Å². The van der Waals surface area contributed by atoms with E-state index < -0.39 is 11.6 Å². The van der Waals surface area contributed by atoms with Crippen molar-refractivity contribution in [1.29, 1.82) is 5.26 Å². The van der Waals surface area contributed by atoms with Gasteiger partial charge in [-0.1, -0.05) is 0 Å². The third-order valence-corrected chi connectivity index (χ3v) is 6.57. The average molecular weight is 447 g/mol. The quantitative estimate of drug-likeness (QED) is 0.612. The molecular weight excluding hydrogens is 422 g/mol. The molecule has 0 spiro atoms. The van der Waals surface area contributed by atoms with E-state index in [1.807, 2.05) is 19.1 Å². The molecule has 3 N–H and O–H groups in total. The third-order valence-electron chi connectivity index (χ3n) is 6.57. The summed E-state index contributed by atoms with van der Waals surface area (Å²) in [4.78, 5) is 20.6.